The fourth-order valence-electron chi connectivity index (χ4n) is 2.17. The van der Waals surface area contributed by atoms with Gasteiger partial charge in [0.2, 0.25) is 0 Å². The Balaban J connectivity index is 1.81. The molecule has 0 radical (unpaired) electrons. The monoisotopic (exact) mass is 341 g/mol. The topological polar surface area (TPSA) is 81.7 Å². The van der Waals surface area contributed by atoms with Gasteiger partial charge in [0.1, 0.15) is 0 Å². The minimum absolute atomic E-state index is 0.119. The highest BCUT2D eigenvalue weighted by atomic mass is 16.5. The lowest BCUT2D eigenvalue weighted by Crippen LogP contribution is -2.21. The Morgan fingerprint density at radius 1 is 1.00 bits per heavy atom. The van der Waals surface area contributed by atoms with Gasteiger partial charge in [-0.15, -0.1) is 0 Å². The van der Waals surface area contributed by atoms with E-state index in [0.717, 1.165) is 11.1 Å². The van der Waals surface area contributed by atoms with Crippen molar-refractivity contribution < 1.29 is 23.9 Å². The first-order chi connectivity index (χ1) is 12.0. The van der Waals surface area contributed by atoms with E-state index in [-0.39, 0.29) is 13.0 Å². The van der Waals surface area contributed by atoms with Crippen molar-refractivity contribution in [2.24, 2.45) is 0 Å². The molecule has 0 saturated carbocycles. The molecule has 0 spiro atoms. The Hall–Kier alpha value is -3.15. The van der Waals surface area contributed by atoms with Crippen LogP contribution in [0.25, 0.3) is 0 Å². The van der Waals surface area contributed by atoms with Crippen molar-refractivity contribution in [3.63, 3.8) is 0 Å². The lowest BCUT2D eigenvalue weighted by atomic mass is 10.1. The Labute approximate surface area is 145 Å². The molecule has 0 bridgehead atoms. The molecule has 1 N–H and O–H groups in total. The number of rotatable bonds is 6. The second kappa shape index (κ2) is 8.63. The van der Waals surface area contributed by atoms with E-state index in [0.29, 0.717) is 11.3 Å². The van der Waals surface area contributed by atoms with E-state index in [1.54, 1.807) is 12.1 Å². The maximum absolute atomic E-state index is 11.8. The molecule has 0 saturated heterocycles. The van der Waals surface area contributed by atoms with Gasteiger partial charge in [-0.1, -0.05) is 24.3 Å². The predicted molar refractivity (Wildman–Crippen MR) is 92.3 cm³/mol. The van der Waals surface area contributed by atoms with Crippen LogP contribution in [0.4, 0.5) is 5.69 Å². The van der Waals surface area contributed by atoms with Crippen molar-refractivity contribution in [2.45, 2.75) is 13.3 Å². The number of hydrogen-bond donors (Lipinski definition) is 1. The van der Waals surface area contributed by atoms with Gasteiger partial charge in [0.15, 0.2) is 6.61 Å². The second-order valence-electron chi connectivity index (χ2n) is 5.38. The van der Waals surface area contributed by atoms with Crippen LogP contribution in [0, 0.1) is 6.92 Å². The van der Waals surface area contributed by atoms with E-state index in [2.05, 4.69) is 10.1 Å². The van der Waals surface area contributed by atoms with E-state index in [9.17, 15) is 14.4 Å². The van der Waals surface area contributed by atoms with Crippen LogP contribution >= 0.6 is 0 Å². The lowest BCUT2D eigenvalue weighted by molar-refractivity contribution is -0.146. The molecular formula is C19H19NO5. The summed E-state index contributed by atoms with van der Waals surface area (Å²) < 4.78 is 9.58. The quantitative estimate of drug-likeness (QED) is 0.817. The molecular weight excluding hydrogens is 322 g/mol. The van der Waals surface area contributed by atoms with Crippen LogP contribution in [0.1, 0.15) is 21.5 Å². The van der Waals surface area contributed by atoms with Gasteiger partial charge < -0.3 is 14.8 Å². The Kier molecular flexibility index (Phi) is 6.28. The summed E-state index contributed by atoms with van der Waals surface area (Å²) in [5.41, 5.74) is 2.73. The molecule has 0 aliphatic heterocycles. The number of methoxy groups -OCH3 is 1. The Morgan fingerprint density at radius 2 is 1.68 bits per heavy atom. The molecule has 0 unspecified atom stereocenters. The summed E-state index contributed by atoms with van der Waals surface area (Å²) in [5, 5.41) is 2.59. The third-order valence-electron chi connectivity index (χ3n) is 3.55. The summed E-state index contributed by atoms with van der Waals surface area (Å²) in [5.74, 6) is -1.38. The van der Waals surface area contributed by atoms with Gasteiger partial charge in [0.05, 0.1) is 19.1 Å². The van der Waals surface area contributed by atoms with E-state index in [4.69, 9.17) is 4.74 Å². The van der Waals surface area contributed by atoms with Crippen LogP contribution in [-0.4, -0.2) is 31.6 Å². The zero-order chi connectivity index (χ0) is 18.2. The van der Waals surface area contributed by atoms with Gasteiger partial charge in [0, 0.05) is 5.69 Å². The standard InChI is InChI=1S/C19H19NO5/c1-13-5-3-4-6-15(13)11-18(22)25-12-17(21)20-16-9-7-14(8-10-16)19(23)24-2/h3-10H,11-12H2,1-2H3,(H,20,21). The molecule has 2 rings (SSSR count). The zero-order valence-corrected chi connectivity index (χ0v) is 14.1. The first-order valence-corrected chi connectivity index (χ1v) is 7.68. The van der Waals surface area contributed by atoms with Gasteiger partial charge in [-0.3, -0.25) is 9.59 Å². The Morgan fingerprint density at radius 3 is 2.32 bits per heavy atom. The normalized spacial score (nSPS) is 10.0. The molecule has 1 amide bonds. The molecule has 2 aromatic carbocycles. The van der Waals surface area contributed by atoms with Crippen molar-refractivity contribution >= 4 is 23.5 Å². The molecule has 0 aliphatic rings. The molecule has 0 fully saturated rings. The molecule has 25 heavy (non-hydrogen) atoms. The van der Waals surface area contributed by atoms with Crippen molar-refractivity contribution in [1.82, 2.24) is 0 Å². The number of hydrogen-bond acceptors (Lipinski definition) is 5. The minimum Gasteiger partial charge on any atom is -0.465 e. The average Bonchev–Trinajstić information content (AvgIpc) is 2.62. The number of nitrogens with one attached hydrogen (secondary N) is 1. The number of anilines is 1. The van der Waals surface area contributed by atoms with Gasteiger partial charge in [0.25, 0.3) is 5.91 Å². The number of benzene rings is 2. The number of carbonyl (C=O) groups is 3. The van der Waals surface area contributed by atoms with Crippen molar-refractivity contribution in [2.75, 3.05) is 19.0 Å². The number of ether oxygens (including phenoxy) is 2. The summed E-state index contributed by atoms with van der Waals surface area (Å²) >= 11 is 0. The summed E-state index contributed by atoms with van der Waals surface area (Å²) in [6.07, 6.45) is 0.119. The van der Waals surface area contributed by atoms with Crippen LogP contribution in [0.3, 0.4) is 0 Å². The van der Waals surface area contributed by atoms with Gasteiger partial charge in [-0.05, 0) is 42.3 Å². The highest BCUT2D eigenvalue weighted by Gasteiger charge is 2.11. The summed E-state index contributed by atoms with van der Waals surface area (Å²) in [4.78, 5) is 35.0. The second-order valence-corrected chi connectivity index (χ2v) is 5.38. The summed E-state index contributed by atoms with van der Waals surface area (Å²) in [6.45, 7) is 1.54. The summed E-state index contributed by atoms with van der Waals surface area (Å²) in [6, 6.07) is 13.7. The molecule has 130 valence electrons. The van der Waals surface area contributed by atoms with E-state index in [1.807, 2.05) is 31.2 Å². The molecule has 0 aliphatic carbocycles. The van der Waals surface area contributed by atoms with E-state index >= 15 is 0 Å². The van der Waals surface area contributed by atoms with Crippen LogP contribution in [-0.2, 0) is 25.5 Å². The number of carbonyl (C=O) groups excluding carboxylic acids is 3. The largest absolute Gasteiger partial charge is 0.465 e. The van der Waals surface area contributed by atoms with Crippen molar-refractivity contribution in [3.8, 4) is 0 Å². The zero-order valence-electron chi connectivity index (χ0n) is 14.1. The molecule has 6 heteroatoms. The maximum atomic E-state index is 11.8. The van der Waals surface area contributed by atoms with Gasteiger partial charge >= 0.3 is 11.9 Å². The van der Waals surface area contributed by atoms with Gasteiger partial charge in [-0.25, -0.2) is 4.79 Å². The fraction of sp³-hybridized carbons (Fsp3) is 0.211. The molecule has 0 atom stereocenters. The minimum atomic E-state index is -0.467. The van der Waals surface area contributed by atoms with Crippen LogP contribution in [0.2, 0.25) is 0 Å². The maximum Gasteiger partial charge on any atom is 0.337 e. The van der Waals surface area contributed by atoms with E-state index < -0.39 is 17.8 Å². The van der Waals surface area contributed by atoms with Crippen LogP contribution in [0.15, 0.2) is 48.5 Å². The molecule has 6 nitrogen and oxygen atoms in total. The predicted octanol–water partition coefficient (Wildman–Crippen LogP) is 2.51. The third kappa shape index (κ3) is 5.46. The fourth-order valence-corrected chi connectivity index (χ4v) is 2.17. The highest BCUT2D eigenvalue weighted by molar-refractivity contribution is 5.94. The number of esters is 2. The van der Waals surface area contributed by atoms with Crippen LogP contribution in [0.5, 0.6) is 0 Å². The molecule has 0 aromatic heterocycles. The SMILES string of the molecule is COC(=O)c1ccc(NC(=O)COC(=O)Cc2ccccc2C)cc1. The number of aryl methyl sites for hydroxylation is 1. The Bertz CT molecular complexity index is 768. The smallest absolute Gasteiger partial charge is 0.337 e. The molecule has 2 aromatic rings. The lowest BCUT2D eigenvalue weighted by Gasteiger charge is -2.08. The van der Waals surface area contributed by atoms with Crippen molar-refractivity contribution in [3.05, 3.63) is 65.2 Å². The van der Waals surface area contributed by atoms with Gasteiger partial charge in [-0.2, -0.15) is 0 Å². The molecule has 0 heterocycles. The first kappa shape index (κ1) is 18.2. The average molecular weight is 341 g/mol. The third-order valence-corrected chi connectivity index (χ3v) is 3.55. The first-order valence-electron chi connectivity index (χ1n) is 7.68. The van der Waals surface area contributed by atoms with Crippen LogP contribution < -0.4 is 5.32 Å². The highest BCUT2D eigenvalue weighted by Crippen LogP contribution is 2.11. The van der Waals surface area contributed by atoms with E-state index in [1.165, 1.54) is 19.2 Å². The summed E-state index contributed by atoms with van der Waals surface area (Å²) in [7, 11) is 1.29. The number of amides is 1. The van der Waals surface area contributed by atoms with Crippen molar-refractivity contribution in [1.29, 1.82) is 0 Å².